The Balaban J connectivity index is 0.000000186. The van der Waals surface area contributed by atoms with E-state index in [0.717, 1.165) is 15.8 Å². The minimum absolute atomic E-state index is 0.533. The number of halogens is 1. The van der Waals surface area contributed by atoms with Gasteiger partial charge in [-0.05, 0) is 61.6 Å². The van der Waals surface area contributed by atoms with Crippen molar-refractivity contribution >= 4 is 28.5 Å². The number of rotatable bonds is 3. The molecule has 0 aliphatic carbocycles. The molecular weight excluding hydrogens is 475 g/mol. The highest BCUT2D eigenvalue weighted by Gasteiger charge is 2.08. The minimum atomic E-state index is -1.35. The second kappa shape index (κ2) is 13.6. The zero-order valence-electron chi connectivity index (χ0n) is 19.5. The van der Waals surface area contributed by atoms with Gasteiger partial charge in [-0.15, -0.1) is 0 Å². The topological polar surface area (TPSA) is 49.7 Å². The Morgan fingerprint density at radius 1 is 0.576 bits per heavy atom. The lowest BCUT2D eigenvalue weighted by Crippen LogP contribution is -2.29. The Hall–Kier alpha value is -2.86. The van der Waals surface area contributed by atoms with Crippen LogP contribution >= 0.6 is 15.9 Å². The first kappa shape index (κ1) is 26.4. The summed E-state index contributed by atoms with van der Waals surface area (Å²) in [5.74, 6) is 0.894. The molecule has 0 spiro atoms. The fourth-order valence-corrected chi connectivity index (χ4v) is 3.07. The molecule has 0 aliphatic rings. The second-order valence-electron chi connectivity index (χ2n) is 7.67. The van der Waals surface area contributed by atoms with Crippen molar-refractivity contribution in [2.24, 2.45) is 0 Å². The Bertz CT molecular complexity index is 1060. The molecule has 0 aromatic heterocycles. The van der Waals surface area contributed by atoms with E-state index < -0.39 is 7.12 Å². The molecule has 170 valence electrons. The maximum atomic E-state index is 8.67. The van der Waals surface area contributed by atoms with Crippen LogP contribution in [0.1, 0.15) is 16.7 Å². The van der Waals surface area contributed by atoms with Crippen molar-refractivity contribution in [1.29, 1.82) is 0 Å². The third-order valence-electron chi connectivity index (χ3n) is 4.86. The molecule has 5 heteroatoms. The van der Waals surface area contributed by atoms with Crippen molar-refractivity contribution in [3.8, 4) is 16.9 Å². The molecule has 3 nitrogen and oxygen atoms in total. The number of methoxy groups -OCH3 is 1. The first-order valence-corrected chi connectivity index (χ1v) is 11.4. The van der Waals surface area contributed by atoms with Crippen molar-refractivity contribution in [1.82, 2.24) is 0 Å². The third-order valence-corrected chi connectivity index (χ3v) is 5.39. The average molecular weight is 505 g/mol. The summed E-state index contributed by atoms with van der Waals surface area (Å²) in [4.78, 5) is 0. The predicted octanol–water partition coefficient (Wildman–Crippen LogP) is 6.10. The molecule has 0 atom stereocenters. The smallest absolute Gasteiger partial charge is 0.488 e. The standard InChI is InChI=1S/C14H14O.C7H9BO2.C7H7Br/c1-11-3-5-12(6-4-11)13-7-9-14(15-2)10-8-13;1-6-2-4-7(5-3-6)8(9)10;1-6-2-4-7(8)5-3-6/h3-10H,1-2H3;2-5,9-10H,1H3;2-5H,1H3. The highest BCUT2D eigenvalue weighted by atomic mass is 79.9. The predicted molar refractivity (Wildman–Crippen MR) is 143 cm³/mol. The van der Waals surface area contributed by atoms with E-state index in [4.69, 9.17) is 14.8 Å². The zero-order valence-corrected chi connectivity index (χ0v) is 21.1. The van der Waals surface area contributed by atoms with Gasteiger partial charge < -0.3 is 14.8 Å². The summed E-state index contributed by atoms with van der Waals surface area (Å²) in [6.07, 6.45) is 0. The van der Waals surface area contributed by atoms with Crippen molar-refractivity contribution in [3.05, 3.63) is 118 Å². The van der Waals surface area contributed by atoms with Crippen LogP contribution in [-0.2, 0) is 0 Å². The molecule has 0 aliphatic heterocycles. The first-order valence-electron chi connectivity index (χ1n) is 10.6. The van der Waals surface area contributed by atoms with Crippen LogP contribution in [0.2, 0.25) is 0 Å². The summed E-state index contributed by atoms with van der Waals surface area (Å²) in [7, 11) is 0.335. The van der Waals surface area contributed by atoms with Gasteiger partial charge in [-0.2, -0.15) is 0 Å². The number of hydrogen-bond acceptors (Lipinski definition) is 3. The summed E-state index contributed by atoms with van der Waals surface area (Å²) in [5, 5.41) is 17.3. The van der Waals surface area contributed by atoms with E-state index >= 15 is 0 Å². The fourth-order valence-electron chi connectivity index (χ4n) is 2.80. The summed E-state index contributed by atoms with van der Waals surface area (Å²) >= 11 is 3.35. The lowest BCUT2D eigenvalue weighted by atomic mass is 9.80. The van der Waals surface area contributed by atoms with Crippen molar-refractivity contribution in [2.45, 2.75) is 20.8 Å². The maximum Gasteiger partial charge on any atom is 0.488 e. The van der Waals surface area contributed by atoms with E-state index in [1.165, 1.54) is 22.3 Å². The largest absolute Gasteiger partial charge is 0.497 e. The summed E-state index contributed by atoms with van der Waals surface area (Å²) in [5.41, 5.74) is 6.69. The molecule has 0 unspecified atom stereocenters. The summed E-state index contributed by atoms with van der Waals surface area (Å²) in [6, 6.07) is 31.9. The van der Waals surface area contributed by atoms with Gasteiger partial charge in [0, 0.05) is 4.47 Å². The second-order valence-corrected chi connectivity index (χ2v) is 8.59. The van der Waals surface area contributed by atoms with Crippen LogP contribution in [0.3, 0.4) is 0 Å². The highest BCUT2D eigenvalue weighted by Crippen LogP contribution is 2.22. The molecule has 4 aromatic rings. The quantitative estimate of drug-likeness (QED) is 0.331. The van der Waals surface area contributed by atoms with E-state index in [1.54, 1.807) is 19.2 Å². The molecule has 0 heterocycles. The van der Waals surface area contributed by atoms with E-state index in [9.17, 15) is 0 Å². The average Bonchev–Trinajstić information content (AvgIpc) is 2.83. The lowest BCUT2D eigenvalue weighted by Gasteiger charge is -2.03. The van der Waals surface area contributed by atoms with Gasteiger partial charge in [0.05, 0.1) is 7.11 Å². The van der Waals surface area contributed by atoms with Crippen molar-refractivity contribution in [3.63, 3.8) is 0 Å². The SMILES string of the molecule is COc1ccc(-c2ccc(C)cc2)cc1.Cc1ccc(B(O)O)cc1.Cc1ccc(Br)cc1. The molecule has 4 rings (SSSR count). The van der Waals surface area contributed by atoms with Gasteiger partial charge in [-0.25, -0.2) is 0 Å². The van der Waals surface area contributed by atoms with Crippen molar-refractivity contribution < 1.29 is 14.8 Å². The van der Waals surface area contributed by atoms with Crippen LogP contribution in [0.4, 0.5) is 0 Å². The van der Waals surface area contributed by atoms with Gasteiger partial charge in [-0.3, -0.25) is 0 Å². The number of hydrogen-bond donors (Lipinski definition) is 2. The maximum absolute atomic E-state index is 8.67. The molecule has 0 fully saturated rings. The molecule has 0 saturated carbocycles. The van der Waals surface area contributed by atoms with Crippen LogP contribution in [0.15, 0.2) is 102 Å². The van der Waals surface area contributed by atoms with Crippen LogP contribution in [-0.4, -0.2) is 24.3 Å². The Kier molecular flexibility index (Phi) is 10.9. The normalized spacial score (nSPS) is 9.67. The molecule has 33 heavy (non-hydrogen) atoms. The van der Waals surface area contributed by atoms with Gasteiger partial charge in [-0.1, -0.05) is 105 Å². The molecule has 4 aromatic carbocycles. The molecular formula is C28H30BBrO3. The minimum Gasteiger partial charge on any atom is -0.497 e. The monoisotopic (exact) mass is 504 g/mol. The Morgan fingerprint density at radius 2 is 0.939 bits per heavy atom. The van der Waals surface area contributed by atoms with Gasteiger partial charge in [0.25, 0.3) is 0 Å². The molecule has 0 amide bonds. The number of aryl methyl sites for hydroxylation is 3. The van der Waals surface area contributed by atoms with Gasteiger partial charge in [0.1, 0.15) is 5.75 Å². The molecule has 0 bridgehead atoms. The van der Waals surface area contributed by atoms with Gasteiger partial charge in [0.2, 0.25) is 0 Å². The van der Waals surface area contributed by atoms with Gasteiger partial charge in [0.15, 0.2) is 0 Å². The number of benzene rings is 4. The molecule has 2 N–H and O–H groups in total. The van der Waals surface area contributed by atoms with Crippen molar-refractivity contribution in [2.75, 3.05) is 7.11 Å². The fraction of sp³-hybridized carbons (Fsp3) is 0.143. The zero-order chi connectivity index (χ0) is 24.2. The van der Waals surface area contributed by atoms with E-state index in [1.807, 2.05) is 43.3 Å². The van der Waals surface area contributed by atoms with E-state index in [-0.39, 0.29) is 0 Å². The van der Waals surface area contributed by atoms with E-state index in [2.05, 4.69) is 78.3 Å². The third kappa shape index (κ3) is 9.66. The van der Waals surface area contributed by atoms with Crippen LogP contribution < -0.4 is 10.2 Å². The first-order chi connectivity index (χ1) is 15.8. The number of ether oxygens (including phenoxy) is 1. The van der Waals surface area contributed by atoms with Crippen LogP contribution in [0.5, 0.6) is 5.75 Å². The van der Waals surface area contributed by atoms with Gasteiger partial charge >= 0.3 is 7.12 Å². The van der Waals surface area contributed by atoms with Crippen LogP contribution in [0.25, 0.3) is 11.1 Å². The molecule has 0 radical (unpaired) electrons. The Morgan fingerprint density at radius 3 is 1.30 bits per heavy atom. The van der Waals surface area contributed by atoms with Crippen LogP contribution in [0, 0.1) is 20.8 Å². The Labute approximate surface area is 206 Å². The lowest BCUT2D eigenvalue weighted by molar-refractivity contribution is 0.415. The summed E-state index contributed by atoms with van der Waals surface area (Å²) < 4.78 is 6.27. The van der Waals surface area contributed by atoms with E-state index in [0.29, 0.717) is 5.46 Å². The summed E-state index contributed by atoms with van der Waals surface area (Å²) in [6.45, 7) is 6.12. The molecule has 0 saturated heterocycles. The highest BCUT2D eigenvalue weighted by molar-refractivity contribution is 9.10.